The van der Waals surface area contributed by atoms with Gasteiger partial charge in [0, 0.05) is 31.7 Å². The van der Waals surface area contributed by atoms with E-state index < -0.39 is 24.2 Å². The van der Waals surface area contributed by atoms with E-state index in [2.05, 4.69) is 128 Å². The molecule has 3 nitrogen and oxygen atoms in total. The van der Waals surface area contributed by atoms with Crippen molar-refractivity contribution in [1.29, 1.82) is 0 Å². The van der Waals surface area contributed by atoms with E-state index in [1.165, 1.54) is 13.1 Å². The van der Waals surface area contributed by atoms with Gasteiger partial charge in [-0.05, 0) is 35.1 Å². The van der Waals surface area contributed by atoms with Crippen molar-refractivity contribution in [2.45, 2.75) is 71.4 Å². The largest absolute Gasteiger partial charge is 3.00 e. The predicted octanol–water partition coefficient (Wildman–Crippen LogP) is 5.28. The summed E-state index contributed by atoms with van der Waals surface area (Å²) < 4.78 is 0. The van der Waals surface area contributed by atoms with Gasteiger partial charge in [0.05, 0.1) is 0 Å². The third kappa shape index (κ3) is 44.0. The Morgan fingerprint density at radius 2 is 0.828 bits per heavy atom. The zero-order valence-corrected chi connectivity index (χ0v) is 27.7. The second-order valence-corrected chi connectivity index (χ2v) is 27.9. The molecule has 7 heteroatoms. The third-order valence-corrected chi connectivity index (χ3v) is 3.16. The number of nitrogens with zero attached hydrogens (tertiary/aromatic N) is 3. The topological polar surface area (TPSA) is 9.72 Å². The summed E-state index contributed by atoms with van der Waals surface area (Å²) >= 11 is 0. The minimum absolute atomic E-state index is 0. The molecule has 0 spiro atoms. The normalized spacial score (nSPS) is 18.0. The summed E-state index contributed by atoms with van der Waals surface area (Å²) in [6.45, 7) is 38.7. The fourth-order valence-electron chi connectivity index (χ4n) is 2.00. The minimum Gasteiger partial charge on any atom is -0.342 e. The van der Waals surface area contributed by atoms with Gasteiger partial charge in [-0.1, -0.05) is 58.9 Å². The Bertz CT molecular complexity index is 328. The molecule has 29 heavy (non-hydrogen) atoms. The van der Waals surface area contributed by atoms with Gasteiger partial charge in [0.15, 0.2) is 0 Å². The Hall–Kier alpha value is 1.40. The Balaban J connectivity index is -0.000000164. The van der Waals surface area contributed by atoms with Gasteiger partial charge in [-0.3, -0.25) is 0 Å². The molecule has 1 saturated heterocycles. The first-order valence-corrected chi connectivity index (χ1v) is 21.7. The molecule has 0 radical (unpaired) electrons. The van der Waals surface area contributed by atoms with Crippen molar-refractivity contribution in [3.8, 4) is 0 Å². The van der Waals surface area contributed by atoms with Crippen LogP contribution in [0.15, 0.2) is 0 Å². The smallest absolute Gasteiger partial charge is 0.342 e. The zero-order valence-electron chi connectivity index (χ0n) is 22.9. The van der Waals surface area contributed by atoms with E-state index in [0.717, 1.165) is 13.1 Å². The van der Waals surface area contributed by atoms with Crippen molar-refractivity contribution >= 4 is 24.2 Å². The van der Waals surface area contributed by atoms with E-state index in [1.807, 2.05) is 0 Å². The first-order chi connectivity index (χ1) is 11.9. The Labute approximate surface area is 209 Å². The summed E-state index contributed by atoms with van der Waals surface area (Å²) in [6.07, 6.45) is 0. The first-order valence-electron chi connectivity index (χ1n) is 10.5. The second kappa shape index (κ2) is 16.1. The van der Waals surface area contributed by atoms with Gasteiger partial charge in [-0.25, -0.2) is 0 Å². The van der Waals surface area contributed by atoms with Crippen LogP contribution < -0.4 is 0 Å². The third-order valence-electron chi connectivity index (χ3n) is 3.16. The molecular formula is C22H56N3ScSi3. The fraction of sp³-hybridized carbons (Fsp3) is 0.864. The molecule has 0 aromatic rings. The standard InChI is InChI=1S/C10H23N3.3C4H11Si.Sc/c1-10(11(2)3)8-12(4)6-7-13(5)9-10;3*1-5(2,3)4;/h6-9H2,1-5H3;3*1H2,2-4H3;/q;3*-1;+3. The van der Waals surface area contributed by atoms with Gasteiger partial charge in [0.25, 0.3) is 0 Å². The van der Waals surface area contributed by atoms with Crippen LogP contribution in [0.5, 0.6) is 0 Å². The summed E-state index contributed by atoms with van der Waals surface area (Å²) in [5, 5.41) is 0. The molecule has 0 N–H and O–H groups in total. The van der Waals surface area contributed by atoms with Crippen LogP contribution in [0.3, 0.4) is 0 Å². The molecule has 1 rings (SSSR count). The molecule has 0 unspecified atom stereocenters. The number of likely N-dealkylation sites (N-methyl/N-ethyl adjacent to an activating group) is 3. The predicted molar refractivity (Wildman–Crippen MR) is 143 cm³/mol. The average Bonchev–Trinajstić information content (AvgIpc) is 2.42. The maximum atomic E-state index is 3.91. The van der Waals surface area contributed by atoms with Crippen molar-refractivity contribution in [2.24, 2.45) is 0 Å². The van der Waals surface area contributed by atoms with Crippen LogP contribution in [0.4, 0.5) is 0 Å². The Morgan fingerprint density at radius 3 is 0.966 bits per heavy atom. The molecule has 0 atom stereocenters. The monoisotopic (exact) mass is 491 g/mol. The van der Waals surface area contributed by atoms with Crippen LogP contribution in [0.2, 0.25) is 58.9 Å². The van der Waals surface area contributed by atoms with Crippen molar-refractivity contribution < 1.29 is 25.8 Å². The number of hydrogen-bond donors (Lipinski definition) is 0. The van der Waals surface area contributed by atoms with Gasteiger partial charge >= 0.3 is 25.8 Å². The zero-order chi connectivity index (χ0) is 23.6. The quantitative estimate of drug-likeness (QED) is 0.365. The number of hydrogen-bond acceptors (Lipinski definition) is 3. The maximum Gasteiger partial charge on any atom is 3.00 e. The van der Waals surface area contributed by atoms with E-state index in [4.69, 9.17) is 0 Å². The average molecular weight is 492 g/mol. The Kier molecular flexibility index (Phi) is 20.9. The van der Waals surface area contributed by atoms with Crippen molar-refractivity contribution in [2.75, 3.05) is 54.4 Å². The molecule has 0 amide bonds. The van der Waals surface area contributed by atoms with Crippen LogP contribution in [0, 0.1) is 19.6 Å². The fourth-order valence-corrected chi connectivity index (χ4v) is 2.00. The van der Waals surface area contributed by atoms with Crippen LogP contribution in [0.25, 0.3) is 0 Å². The summed E-state index contributed by atoms with van der Waals surface area (Å²) in [6, 6.07) is 0. The van der Waals surface area contributed by atoms with E-state index in [1.54, 1.807) is 0 Å². The van der Waals surface area contributed by atoms with Gasteiger partial charge in [-0.2, -0.15) is 0 Å². The van der Waals surface area contributed by atoms with Crippen molar-refractivity contribution in [3.63, 3.8) is 0 Å². The van der Waals surface area contributed by atoms with Crippen molar-refractivity contribution in [3.05, 3.63) is 19.6 Å². The molecule has 1 aliphatic rings. The number of rotatable bonds is 1. The summed E-state index contributed by atoms with van der Waals surface area (Å²) in [7, 11) is 6.18. The minimum atomic E-state index is -0.861. The molecule has 1 aliphatic heterocycles. The van der Waals surface area contributed by atoms with Gasteiger partial charge in [0.1, 0.15) is 0 Å². The molecule has 1 heterocycles. The van der Waals surface area contributed by atoms with Crippen LogP contribution in [-0.4, -0.2) is 98.8 Å². The summed E-state index contributed by atoms with van der Waals surface area (Å²) in [5.41, 5.74) is 0.292. The van der Waals surface area contributed by atoms with Gasteiger partial charge in [0.2, 0.25) is 0 Å². The molecule has 0 aromatic heterocycles. The van der Waals surface area contributed by atoms with Crippen molar-refractivity contribution in [1.82, 2.24) is 14.7 Å². The molecular weight excluding hydrogens is 435 g/mol. The van der Waals surface area contributed by atoms with Crippen LogP contribution in [0.1, 0.15) is 6.92 Å². The summed E-state index contributed by atoms with van der Waals surface area (Å²) in [4.78, 5) is 7.18. The van der Waals surface area contributed by atoms with Gasteiger partial charge in [-0.15, -0.1) is 24.2 Å². The molecule has 1 fully saturated rings. The van der Waals surface area contributed by atoms with E-state index in [0.29, 0.717) is 5.54 Å². The van der Waals surface area contributed by atoms with Crippen LogP contribution in [-0.2, 0) is 25.8 Å². The molecule has 0 aliphatic carbocycles. The summed E-state index contributed by atoms with van der Waals surface area (Å²) in [5.74, 6) is 0. The molecule has 0 bridgehead atoms. The maximum absolute atomic E-state index is 3.91. The van der Waals surface area contributed by atoms with E-state index >= 15 is 0 Å². The van der Waals surface area contributed by atoms with E-state index in [9.17, 15) is 0 Å². The second-order valence-electron chi connectivity index (χ2n) is 12.5. The molecule has 0 saturated carbocycles. The SMILES string of the molecule is CN1CCN(C)CC(C)(N(C)C)C1.[CH2-][Si](C)(C)C.[CH2-][Si](C)(C)C.[CH2-][Si](C)(C)C.[Sc+3]. The van der Waals surface area contributed by atoms with E-state index in [-0.39, 0.29) is 25.8 Å². The first kappa shape index (κ1) is 37.7. The Morgan fingerprint density at radius 1 is 0.655 bits per heavy atom. The molecule has 0 aromatic carbocycles. The van der Waals surface area contributed by atoms with Crippen LogP contribution >= 0.6 is 0 Å². The van der Waals surface area contributed by atoms with Gasteiger partial charge < -0.3 is 34.3 Å². The molecule has 174 valence electrons.